The summed E-state index contributed by atoms with van der Waals surface area (Å²) in [5, 5.41) is 14.2. The van der Waals surface area contributed by atoms with Crippen molar-refractivity contribution in [2.24, 2.45) is 0 Å². The minimum atomic E-state index is -1.34. The lowest BCUT2D eigenvalue weighted by molar-refractivity contribution is -0.138. The van der Waals surface area contributed by atoms with Crippen LogP contribution < -0.4 is 10.6 Å². The number of carbonyl (C=O) groups is 4. The summed E-state index contributed by atoms with van der Waals surface area (Å²) in [7, 11) is 1.48. The molecule has 0 fully saturated rings. The van der Waals surface area contributed by atoms with Crippen LogP contribution in [0.15, 0.2) is 60.8 Å². The number of benzene rings is 2. The third kappa shape index (κ3) is 5.81. The minimum absolute atomic E-state index is 0.350. The van der Waals surface area contributed by atoms with Gasteiger partial charge in [0.1, 0.15) is 0 Å². The molecule has 0 aromatic heterocycles. The first-order chi connectivity index (χ1) is 15.2. The largest absolute Gasteiger partial charge is 0.481 e. The number of carboxylic acids is 1. The molecule has 0 saturated heterocycles. The molecular weight excluding hydrogens is 410 g/mol. The molecule has 8 nitrogen and oxygen atoms in total. The first-order valence-corrected chi connectivity index (χ1v) is 10.1. The summed E-state index contributed by atoms with van der Waals surface area (Å²) in [6.07, 6.45) is 2.90. The van der Waals surface area contributed by atoms with E-state index in [0.717, 1.165) is 17.5 Å². The fourth-order valence-electron chi connectivity index (χ4n) is 3.38. The molecule has 2 unspecified atom stereocenters. The van der Waals surface area contributed by atoms with Gasteiger partial charge in [-0.2, -0.15) is 0 Å². The monoisotopic (exact) mass is 435 g/mol. The number of amides is 3. The highest BCUT2D eigenvalue weighted by atomic mass is 16.4. The molecule has 8 heteroatoms. The first-order valence-electron chi connectivity index (χ1n) is 10.1. The van der Waals surface area contributed by atoms with E-state index in [1.54, 1.807) is 12.1 Å². The molecule has 1 aliphatic heterocycles. The van der Waals surface area contributed by atoms with Gasteiger partial charge in [-0.25, -0.2) is 4.79 Å². The summed E-state index contributed by atoms with van der Waals surface area (Å²) >= 11 is 0. The number of ketones is 1. The molecule has 2 aromatic carbocycles. The number of nitrogens with one attached hydrogen (secondary N) is 2. The standard InChI is InChI=1S/C24H25N3O5/c1-15-3-5-16(6-4-15)13-17-7-9-18(10-8-17)19(14-21(29)30)25-24(32)26-22-20(28)11-12-27(2)23(22)31/h3-12,19,22H,13-14H2,1-2H3,(H,29,30)(H2,25,26,32). The number of hydrogen-bond donors (Lipinski definition) is 3. The van der Waals surface area contributed by atoms with Crippen molar-refractivity contribution in [3.05, 3.63) is 83.1 Å². The number of likely N-dealkylation sites (N-methyl/N-ethyl adjacent to an activating group) is 1. The van der Waals surface area contributed by atoms with E-state index in [1.165, 1.54) is 29.8 Å². The molecule has 0 bridgehead atoms. The van der Waals surface area contributed by atoms with Crippen molar-refractivity contribution >= 4 is 23.7 Å². The molecular formula is C24H25N3O5. The molecule has 3 N–H and O–H groups in total. The number of hydrogen-bond acceptors (Lipinski definition) is 4. The summed E-state index contributed by atoms with van der Waals surface area (Å²) < 4.78 is 0. The van der Waals surface area contributed by atoms with E-state index in [-0.39, 0.29) is 6.42 Å². The number of carbonyl (C=O) groups excluding carboxylic acids is 3. The van der Waals surface area contributed by atoms with E-state index in [2.05, 4.69) is 22.8 Å². The first kappa shape index (κ1) is 22.7. The number of rotatable bonds is 7. The van der Waals surface area contributed by atoms with Crippen LogP contribution in [0.5, 0.6) is 0 Å². The van der Waals surface area contributed by atoms with Gasteiger partial charge < -0.3 is 20.6 Å². The Morgan fingerprint density at radius 2 is 1.62 bits per heavy atom. The van der Waals surface area contributed by atoms with Crippen molar-refractivity contribution in [1.82, 2.24) is 15.5 Å². The lowest BCUT2D eigenvalue weighted by Crippen LogP contribution is -2.55. The molecule has 3 amide bonds. The van der Waals surface area contributed by atoms with Gasteiger partial charge >= 0.3 is 12.0 Å². The van der Waals surface area contributed by atoms with E-state index < -0.39 is 35.8 Å². The van der Waals surface area contributed by atoms with Crippen molar-refractivity contribution in [3.8, 4) is 0 Å². The number of aliphatic carboxylic acids is 1. The van der Waals surface area contributed by atoms with Gasteiger partial charge in [-0.05, 0) is 30.0 Å². The zero-order chi connectivity index (χ0) is 23.3. The summed E-state index contributed by atoms with van der Waals surface area (Å²) in [4.78, 5) is 49.1. The van der Waals surface area contributed by atoms with Gasteiger partial charge in [-0.3, -0.25) is 14.4 Å². The van der Waals surface area contributed by atoms with Crippen LogP contribution in [0.25, 0.3) is 0 Å². The van der Waals surface area contributed by atoms with Crippen LogP contribution >= 0.6 is 0 Å². The Hall–Kier alpha value is -3.94. The van der Waals surface area contributed by atoms with Gasteiger partial charge in [0, 0.05) is 19.3 Å². The average Bonchev–Trinajstić information content (AvgIpc) is 2.75. The van der Waals surface area contributed by atoms with Crippen LogP contribution in [0, 0.1) is 6.92 Å². The van der Waals surface area contributed by atoms with Gasteiger partial charge in [0.25, 0.3) is 5.91 Å². The van der Waals surface area contributed by atoms with E-state index >= 15 is 0 Å². The van der Waals surface area contributed by atoms with Crippen molar-refractivity contribution < 1.29 is 24.3 Å². The van der Waals surface area contributed by atoms with Crippen LogP contribution in [0.1, 0.15) is 34.7 Å². The predicted octanol–water partition coefficient (Wildman–Crippen LogP) is 2.32. The molecule has 0 radical (unpaired) electrons. The maximum absolute atomic E-state index is 12.4. The maximum atomic E-state index is 12.4. The normalized spacial score (nSPS) is 16.6. The molecule has 32 heavy (non-hydrogen) atoms. The summed E-state index contributed by atoms with van der Waals surface area (Å²) in [6.45, 7) is 2.03. The van der Waals surface area contributed by atoms with Crippen LogP contribution in [-0.2, 0) is 20.8 Å². The van der Waals surface area contributed by atoms with Crippen LogP contribution in [0.3, 0.4) is 0 Å². The highest BCUT2D eigenvalue weighted by Crippen LogP contribution is 2.19. The summed E-state index contributed by atoms with van der Waals surface area (Å²) in [5.74, 6) is -2.20. The lowest BCUT2D eigenvalue weighted by Gasteiger charge is -2.25. The molecule has 0 aliphatic carbocycles. The van der Waals surface area contributed by atoms with Gasteiger partial charge in [0.2, 0.25) is 0 Å². The van der Waals surface area contributed by atoms with Gasteiger partial charge in [0.05, 0.1) is 12.5 Å². The van der Waals surface area contributed by atoms with Crippen LogP contribution in [-0.4, -0.2) is 46.8 Å². The highest BCUT2D eigenvalue weighted by Gasteiger charge is 2.32. The topological polar surface area (TPSA) is 116 Å². The second kappa shape index (κ2) is 9.91. The molecule has 3 rings (SSSR count). The fourth-order valence-corrected chi connectivity index (χ4v) is 3.38. The third-order valence-electron chi connectivity index (χ3n) is 5.21. The SMILES string of the molecule is Cc1ccc(Cc2ccc(C(CC(=O)O)NC(=O)NC3C(=O)C=CN(C)C3=O)cc2)cc1. The Morgan fingerprint density at radius 1 is 1.03 bits per heavy atom. The average molecular weight is 435 g/mol. The molecule has 0 saturated carbocycles. The van der Waals surface area contributed by atoms with Crippen LogP contribution in [0.4, 0.5) is 4.79 Å². The molecule has 166 valence electrons. The second-order valence-corrected chi connectivity index (χ2v) is 7.77. The number of aryl methyl sites for hydroxylation is 1. The van der Waals surface area contributed by atoms with Crippen LogP contribution in [0.2, 0.25) is 0 Å². The van der Waals surface area contributed by atoms with Gasteiger partial charge in [-0.1, -0.05) is 54.1 Å². The number of urea groups is 1. The third-order valence-corrected chi connectivity index (χ3v) is 5.21. The van der Waals surface area contributed by atoms with Crippen molar-refractivity contribution in [3.63, 3.8) is 0 Å². The number of carboxylic acid groups (broad SMARTS) is 1. The smallest absolute Gasteiger partial charge is 0.316 e. The predicted molar refractivity (Wildman–Crippen MR) is 118 cm³/mol. The van der Waals surface area contributed by atoms with Crippen molar-refractivity contribution in [2.45, 2.75) is 31.8 Å². The molecule has 2 aromatic rings. The quantitative estimate of drug-likeness (QED) is 0.578. The van der Waals surface area contributed by atoms with Gasteiger partial charge in [0.15, 0.2) is 11.8 Å². The van der Waals surface area contributed by atoms with Crippen molar-refractivity contribution in [1.29, 1.82) is 0 Å². The van der Waals surface area contributed by atoms with E-state index in [0.29, 0.717) is 5.56 Å². The zero-order valence-corrected chi connectivity index (χ0v) is 17.9. The minimum Gasteiger partial charge on any atom is -0.481 e. The maximum Gasteiger partial charge on any atom is 0.316 e. The Bertz CT molecular complexity index is 1040. The summed E-state index contributed by atoms with van der Waals surface area (Å²) in [6, 6.07) is 12.6. The highest BCUT2D eigenvalue weighted by molar-refractivity contribution is 6.14. The summed E-state index contributed by atoms with van der Waals surface area (Å²) in [5.41, 5.74) is 3.99. The second-order valence-electron chi connectivity index (χ2n) is 7.77. The number of nitrogens with zero attached hydrogens (tertiary/aromatic N) is 1. The van der Waals surface area contributed by atoms with E-state index in [4.69, 9.17) is 0 Å². The molecule has 2 atom stereocenters. The Morgan fingerprint density at radius 3 is 2.22 bits per heavy atom. The van der Waals surface area contributed by atoms with E-state index in [1.807, 2.05) is 31.2 Å². The van der Waals surface area contributed by atoms with E-state index in [9.17, 15) is 24.3 Å². The Kier molecular flexibility index (Phi) is 7.04. The Balaban J connectivity index is 1.69. The molecule has 0 spiro atoms. The fraction of sp³-hybridized carbons (Fsp3) is 0.250. The van der Waals surface area contributed by atoms with Crippen molar-refractivity contribution in [2.75, 3.05) is 7.05 Å². The zero-order valence-electron chi connectivity index (χ0n) is 17.9. The molecule has 1 aliphatic rings. The Labute approximate surface area is 185 Å². The molecule has 1 heterocycles. The lowest BCUT2D eigenvalue weighted by atomic mass is 9.99. The van der Waals surface area contributed by atoms with Gasteiger partial charge in [-0.15, -0.1) is 0 Å².